The first kappa shape index (κ1) is 16.1. The third-order valence-electron chi connectivity index (χ3n) is 3.04. The lowest BCUT2D eigenvalue weighted by Gasteiger charge is -2.17. The highest BCUT2D eigenvalue weighted by Crippen LogP contribution is 2.22. The molecular formula is C15H13Cl3N2O. The van der Waals surface area contributed by atoms with Gasteiger partial charge in [-0.2, -0.15) is 0 Å². The van der Waals surface area contributed by atoms with Gasteiger partial charge in [-0.1, -0.05) is 53.9 Å². The molecule has 1 atom stereocenters. The lowest BCUT2D eigenvalue weighted by Crippen LogP contribution is -2.28. The van der Waals surface area contributed by atoms with Crippen LogP contribution in [0.15, 0.2) is 36.5 Å². The number of carbonyl (C=O) groups is 1. The quantitative estimate of drug-likeness (QED) is 0.800. The summed E-state index contributed by atoms with van der Waals surface area (Å²) in [6.07, 6.45) is 2.15. The number of amides is 1. The second-order valence-corrected chi connectivity index (χ2v) is 5.68. The fraction of sp³-hybridized carbons (Fsp3) is 0.200. The fourth-order valence-corrected chi connectivity index (χ4v) is 2.30. The molecule has 3 nitrogen and oxygen atoms in total. The van der Waals surface area contributed by atoms with Crippen LogP contribution in [-0.4, -0.2) is 10.9 Å². The number of benzene rings is 1. The summed E-state index contributed by atoms with van der Waals surface area (Å²) in [5.41, 5.74) is 1.36. The smallest absolute Gasteiger partial charge is 0.253 e. The normalized spacial score (nSPS) is 12.0. The topological polar surface area (TPSA) is 42.0 Å². The van der Waals surface area contributed by atoms with E-state index in [0.29, 0.717) is 10.6 Å². The van der Waals surface area contributed by atoms with Gasteiger partial charge in [-0.3, -0.25) is 4.79 Å². The van der Waals surface area contributed by atoms with Crippen molar-refractivity contribution in [3.05, 3.63) is 62.9 Å². The van der Waals surface area contributed by atoms with Crippen LogP contribution in [0.5, 0.6) is 0 Å². The van der Waals surface area contributed by atoms with E-state index >= 15 is 0 Å². The molecule has 0 saturated heterocycles. The number of carbonyl (C=O) groups excluding carboxylic acids is 1. The van der Waals surface area contributed by atoms with Crippen LogP contribution >= 0.6 is 34.8 Å². The molecule has 6 heteroatoms. The number of nitrogens with one attached hydrogen (secondary N) is 1. The van der Waals surface area contributed by atoms with Crippen molar-refractivity contribution >= 4 is 40.7 Å². The Bertz CT molecular complexity index is 644. The predicted molar refractivity (Wildman–Crippen MR) is 86.2 cm³/mol. The summed E-state index contributed by atoms with van der Waals surface area (Å²) in [4.78, 5) is 16.1. The number of halogens is 3. The van der Waals surface area contributed by atoms with Crippen LogP contribution in [0.25, 0.3) is 0 Å². The van der Waals surface area contributed by atoms with Crippen molar-refractivity contribution < 1.29 is 4.79 Å². The van der Waals surface area contributed by atoms with Crippen LogP contribution in [-0.2, 0) is 0 Å². The van der Waals surface area contributed by atoms with Crippen molar-refractivity contribution in [2.24, 2.45) is 0 Å². The highest BCUT2D eigenvalue weighted by atomic mass is 35.5. The molecule has 1 aromatic heterocycles. The minimum Gasteiger partial charge on any atom is -0.345 e. The van der Waals surface area contributed by atoms with Crippen LogP contribution in [0, 0.1) is 0 Å². The van der Waals surface area contributed by atoms with Crippen molar-refractivity contribution in [2.45, 2.75) is 19.4 Å². The van der Waals surface area contributed by atoms with Crippen LogP contribution in [0.3, 0.4) is 0 Å². The second-order valence-electron chi connectivity index (χ2n) is 4.48. The average molecular weight is 344 g/mol. The Morgan fingerprint density at radius 2 is 1.90 bits per heavy atom. The maximum atomic E-state index is 12.2. The molecule has 1 unspecified atom stereocenters. The molecule has 0 aliphatic carbocycles. The number of hydrogen-bond donors (Lipinski definition) is 1. The van der Waals surface area contributed by atoms with Crippen LogP contribution in [0.4, 0.5) is 0 Å². The Kier molecular flexibility index (Phi) is 5.45. The molecule has 2 aromatic rings. The Morgan fingerprint density at radius 3 is 2.48 bits per heavy atom. The van der Waals surface area contributed by atoms with Crippen molar-refractivity contribution in [1.29, 1.82) is 0 Å². The molecule has 2 rings (SSSR count). The maximum absolute atomic E-state index is 12.2. The molecule has 0 fully saturated rings. The van der Waals surface area contributed by atoms with Gasteiger partial charge in [0, 0.05) is 11.2 Å². The van der Waals surface area contributed by atoms with Gasteiger partial charge in [0.05, 0.1) is 16.6 Å². The summed E-state index contributed by atoms with van der Waals surface area (Å²) < 4.78 is 0. The highest BCUT2D eigenvalue weighted by Gasteiger charge is 2.15. The zero-order valence-corrected chi connectivity index (χ0v) is 13.5. The molecule has 21 heavy (non-hydrogen) atoms. The molecule has 1 aromatic carbocycles. The molecule has 1 amide bonds. The zero-order chi connectivity index (χ0) is 15.4. The number of nitrogens with zero attached hydrogens (tertiary/aromatic N) is 1. The molecule has 0 bridgehead atoms. The summed E-state index contributed by atoms with van der Waals surface area (Å²) in [5.74, 6) is -0.247. The average Bonchev–Trinajstić information content (AvgIpc) is 2.48. The van der Waals surface area contributed by atoms with Crippen LogP contribution in [0.2, 0.25) is 15.2 Å². The van der Waals surface area contributed by atoms with Crippen molar-refractivity contribution in [3.8, 4) is 0 Å². The van der Waals surface area contributed by atoms with E-state index in [1.54, 1.807) is 12.1 Å². The van der Waals surface area contributed by atoms with Gasteiger partial charge in [0.25, 0.3) is 5.91 Å². The van der Waals surface area contributed by atoms with Gasteiger partial charge in [-0.05, 0) is 30.2 Å². The molecule has 1 N–H and O–H groups in total. The Balaban J connectivity index is 2.15. The largest absolute Gasteiger partial charge is 0.345 e. The van der Waals surface area contributed by atoms with E-state index in [1.807, 2.05) is 19.1 Å². The van der Waals surface area contributed by atoms with Gasteiger partial charge >= 0.3 is 0 Å². The number of rotatable bonds is 4. The van der Waals surface area contributed by atoms with Gasteiger partial charge in [0.2, 0.25) is 0 Å². The lowest BCUT2D eigenvalue weighted by atomic mass is 10.0. The van der Waals surface area contributed by atoms with Crippen LogP contribution < -0.4 is 5.32 Å². The molecular weight excluding hydrogens is 331 g/mol. The van der Waals surface area contributed by atoms with Gasteiger partial charge in [-0.15, -0.1) is 0 Å². The molecule has 0 aliphatic heterocycles. The van der Waals surface area contributed by atoms with Gasteiger partial charge in [0.15, 0.2) is 0 Å². The van der Waals surface area contributed by atoms with E-state index in [0.717, 1.165) is 12.0 Å². The van der Waals surface area contributed by atoms with Gasteiger partial charge in [0.1, 0.15) is 5.15 Å². The molecule has 0 saturated carbocycles. The van der Waals surface area contributed by atoms with Crippen LogP contribution in [0.1, 0.15) is 35.3 Å². The standard InChI is InChI=1S/C15H13Cl3N2O/c1-2-13(9-3-5-11(16)6-4-9)20-15(21)10-7-12(17)14(18)19-8-10/h3-8,13H,2H2,1H3,(H,20,21). The molecule has 110 valence electrons. The van der Waals surface area contributed by atoms with Gasteiger partial charge in [-0.25, -0.2) is 4.98 Å². The van der Waals surface area contributed by atoms with E-state index < -0.39 is 0 Å². The summed E-state index contributed by atoms with van der Waals surface area (Å²) in [7, 11) is 0. The number of hydrogen-bond acceptors (Lipinski definition) is 2. The monoisotopic (exact) mass is 342 g/mol. The van der Waals surface area contributed by atoms with E-state index in [1.165, 1.54) is 12.3 Å². The van der Waals surface area contributed by atoms with Crippen molar-refractivity contribution in [2.75, 3.05) is 0 Å². The minimum atomic E-state index is -0.247. The fourth-order valence-electron chi connectivity index (χ4n) is 1.90. The number of pyridine rings is 1. The van der Waals surface area contributed by atoms with E-state index in [2.05, 4.69) is 10.3 Å². The van der Waals surface area contributed by atoms with Crippen molar-refractivity contribution in [1.82, 2.24) is 10.3 Å². The number of aromatic nitrogens is 1. The Labute approximate surface area is 138 Å². The molecule has 0 spiro atoms. The van der Waals surface area contributed by atoms with Gasteiger partial charge < -0.3 is 5.32 Å². The van der Waals surface area contributed by atoms with E-state index in [-0.39, 0.29) is 22.1 Å². The van der Waals surface area contributed by atoms with Crippen molar-refractivity contribution in [3.63, 3.8) is 0 Å². The summed E-state index contributed by atoms with van der Waals surface area (Å²) >= 11 is 17.5. The summed E-state index contributed by atoms with van der Waals surface area (Å²) in [6, 6.07) is 8.78. The maximum Gasteiger partial charge on any atom is 0.253 e. The first-order valence-electron chi connectivity index (χ1n) is 6.38. The molecule has 1 heterocycles. The summed E-state index contributed by atoms with van der Waals surface area (Å²) in [6.45, 7) is 1.99. The summed E-state index contributed by atoms with van der Waals surface area (Å²) in [5, 5.41) is 4.03. The first-order valence-corrected chi connectivity index (χ1v) is 7.52. The van der Waals surface area contributed by atoms with E-state index in [4.69, 9.17) is 34.8 Å². The first-order chi connectivity index (χ1) is 10.0. The molecule has 0 radical (unpaired) electrons. The second kappa shape index (κ2) is 7.12. The third kappa shape index (κ3) is 4.10. The Morgan fingerprint density at radius 1 is 1.24 bits per heavy atom. The minimum absolute atomic E-state index is 0.107. The Hall–Kier alpha value is -1.29. The SMILES string of the molecule is CCC(NC(=O)c1cnc(Cl)c(Cl)c1)c1ccc(Cl)cc1. The third-order valence-corrected chi connectivity index (χ3v) is 3.98. The zero-order valence-electron chi connectivity index (χ0n) is 11.2. The van der Waals surface area contributed by atoms with E-state index in [9.17, 15) is 4.79 Å². The predicted octanol–water partition coefficient (Wildman–Crippen LogP) is 4.92. The lowest BCUT2D eigenvalue weighted by molar-refractivity contribution is 0.0935. The molecule has 0 aliphatic rings. The highest BCUT2D eigenvalue weighted by molar-refractivity contribution is 6.41.